The van der Waals surface area contributed by atoms with Gasteiger partial charge < -0.3 is 14.0 Å². The molecule has 8 heteroatoms. The summed E-state index contributed by atoms with van der Waals surface area (Å²) in [5.41, 5.74) is -1.23. The third-order valence-corrected chi connectivity index (χ3v) is 8.39. The lowest BCUT2D eigenvalue weighted by molar-refractivity contribution is 0.103. The van der Waals surface area contributed by atoms with Gasteiger partial charge in [0.2, 0.25) is 18.2 Å². The summed E-state index contributed by atoms with van der Waals surface area (Å²) in [5, 5.41) is 0.232. The van der Waals surface area contributed by atoms with Gasteiger partial charge in [-0.25, -0.2) is 0 Å². The third kappa shape index (κ3) is 4.08. The largest absolute Gasteiger partial charge is 0.496 e. The van der Waals surface area contributed by atoms with Crippen molar-refractivity contribution in [1.82, 2.24) is 0 Å². The van der Waals surface area contributed by atoms with Crippen LogP contribution in [0, 0.1) is 6.92 Å². The number of rotatable bonds is 7. The molecule has 0 saturated heterocycles. The molecule has 0 aliphatic carbocycles. The molecule has 0 N–H and O–H groups in total. The smallest absolute Gasteiger partial charge is 0.249 e. The minimum Gasteiger partial charge on any atom is -0.496 e. The van der Waals surface area contributed by atoms with Gasteiger partial charge in [0.05, 0.1) is 23.7 Å². The molecule has 1 atom stereocenters. The zero-order valence-corrected chi connectivity index (χ0v) is 20.3. The first-order chi connectivity index (χ1) is 14.8. The molecular weight excluding hydrogens is 503 g/mol. The molecule has 0 aromatic heterocycles. The van der Waals surface area contributed by atoms with Crippen molar-refractivity contribution in [1.29, 1.82) is 0 Å². The van der Waals surface area contributed by atoms with E-state index in [1.807, 2.05) is 0 Å². The third-order valence-electron chi connectivity index (χ3n) is 4.84. The van der Waals surface area contributed by atoms with Crippen LogP contribution in [0.1, 0.15) is 26.3 Å². The van der Waals surface area contributed by atoms with Gasteiger partial charge in [0.15, 0.2) is 0 Å². The summed E-state index contributed by atoms with van der Waals surface area (Å²) in [6, 6.07) is 16.0. The molecule has 0 amide bonds. The van der Waals surface area contributed by atoms with Crippen molar-refractivity contribution in [2.45, 2.75) is 6.92 Å². The SMILES string of the molecule is COc1ccc(Br)c(OC)c1C(=O)P(=O)(C(=O)c1c(C)cccc1Cl)c1ccccc1. The Morgan fingerprint density at radius 1 is 0.871 bits per heavy atom. The Kier molecular flexibility index (Phi) is 7.05. The zero-order chi connectivity index (χ0) is 22.8. The Bertz CT molecular complexity index is 1190. The first-order valence-electron chi connectivity index (χ1n) is 9.18. The van der Waals surface area contributed by atoms with Crippen molar-refractivity contribution < 1.29 is 23.6 Å². The standard InChI is InChI=1S/C23H19BrClO5P/c1-14-8-7-11-17(25)19(14)22(26)31(28,15-9-5-4-6-10-15)23(27)20-18(29-2)13-12-16(24)21(20)30-3/h4-13H,1-3H3. The Labute approximate surface area is 193 Å². The number of carbonyl (C=O) groups is 2. The highest BCUT2D eigenvalue weighted by Crippen LogP contribution is 2.55. The molecule has 0 spiro atoms. The number of carbonyl (C=O) groups excluding carboxylic acids is 2. The summed E-state index contributed by atoms with van der Waals surface area (Å²) in [5.74, 6) is 0.272. The topological polar surface area (TPSA) is 69.7 Å². The summed E-state index contributed by atoms with van der Waals surface area (Å²) >= 11 is 9.64. The van der Waals surface area contributed by atoms with Crippen LogP contribution in [0.5, 0.6) is 11.5 Å². The van der Waals surface area contributed by atoms with Crippen LogP contribution in [-0.4, -0.2) is 25.3 Å². The predicted molar refractivity (Wildman–Crippen MR) is 126 cm³/mol. The van der Waals surface area contributed by atoms with Gasteiger partial charge in [-0.1, -0.05) is 54.1 Å². The lowest BCUT2D eigenvalue weighted by Gasteiger charge is -2.21. The Morgan fingerprint density at radius 2 is 1.52 bits per heavy atom. The number of ether oxygens (including phenoxy) is 2. The maximum Gasteiger partial charge on any atom is 0.249 e. The van der Waals surface area contributed by atoms with E-state index < -0.39 is 18.2 Å². The van der Waals surface area contributed by atoms with Crippen molar-refractivity contribution >= 4 is 51.0 Å². The number of aryl methyl sites for hydroxylation is 1. The fraction of sp³-hybridized carbons (Fsp3) is 0.130. The van der Waals surface area contributed by atoms with E-state index in [1.165, 1.54) is 32.4 Å². The number of halogens is 2. The Hall–Kier alpha value is -2.40. The maximum atomic E-state index is 14.5. The van der Waals surface area contributed by atoms with Gasteiger partial charge in [0.1, 0.15) is 17.1 Å². The Morgan fingerprint density at radius 3 is 2.10 bits per heavy atom. The van der Waals surface area contributed by atoms with Gasteiger partial charge in [-0.3, -0.25) is 9.59 Å². The molecule has 0 heterocycles. The molecule has 3 rings (SSSR count). The second-order valence-electron chi connectivity index (χ2n) is 6.64. The molecule has 0 saturated carbocycles. The molecule has 31 heavy (non-hydrogen) atoms. The first-order valence-corrected chi connectivity index (χ1v) is 12.1. The van der Waals surface area contributed by atoms with Crippen LogP contribution in [0.4, 0.5) is 0 Å². The number of methoxy groups -OCH3 is 2. The first kappa shape index (κ1) is 23.3. The molecule has 0 aliphatic heterocycles. The Balaban J connectivity index is 2.35. The number of hydrogen-bond acceptors (Lipinski definition) is 5. The molecule has 5 nitrogen and oxygen atoms in total. The summed E-state index contributed by atoms with van der Waals surface area (Å²) < 4.78 is 25.7. The predicted octanol–water partition coefficient (Wildman–Crippen LogP) is 6.10. The van der Waals surface area contributed by atoms with Crippen LogP contribution in [0.3, 0.4) is 0 Å². The van der Waals surface area contributed by atoms with E-state index in [0.717, 1.165) is 0 Å². The van der Waals surface area contributed by atoms with E-state index in [4.69, 9.17) is 21.1 Å². The fourth-order valence-corrected chi connectivity index (χ4v) is 6.54. The quantitative estimate of drug-likeness (QED) is 0.352. The van der Waals surface area contributed by atoms with Crippen LogP contribution in [0.15, 0.2) is 65.1 Å². The van der Waals surface area contributed by atoms with Gasteiger partial charge in [-0.15, -0.1) is 0 Å². The zero-order valence-electron chi connectivity index (χ0n) is 17.0. The molecule has 1 unspecified atom stereocenters. The fourth-order valence-electron chi connectivity index (χ4n) is 3.29. The van der Waals surface area contributed by atoms with Gasteiger partial charge in [-0.2, -0.15) is 0 Å². The highest BCUT2D eigenvalue weighted by atomic mass is 79.9. The second-order valence-corrected chi connectivity index (χ2v) is 10.5. The lowest BCUT2D eigenvalue weighted by atomic mass is 10.1. The normalized spacial score (nSPS) is 12.7. The van der Waals surface area contributed by atoms with E-state index in [-0.39, 0.29) is 33.0 Å². The molecule has 160 valence electrons. The maximum absolute atomic E-state index is 14.5. The summed E-state index contributed by atoms with van der Waals surface area (Å²) in [6.45, 7) is 1.68. The number of hydrogen-bond donors (Lipinski definition) is 0. The number of benzene rings is 3. The van der Waals surface area contributed by atoms with Crippen LogP contribution in [0.2, 0.25) is 5.02 Å². The van der Waals surface area contributed by atoms with E-state index in [0.29, 0.717) is 10.0 Å². The molecule has 0 fully saturated rings. The monoisotopic (exact) mass is 520 g/mol. The van der Waals surface area contributed by atoms with E-state index in [2.05, 4.69) is 15.9 Å². The van der Waals surface area contributed by atoms with Crippen molar-refractivity contribution in [2.75, 3.05) is 14.2 Å². The molecule has 3 aromatic carbocycles. The highest BCUT2D eigenvalue weighted by molar-refractivity contribution is 9.10. The average molecular weight is 522 g/mol. The minimum atomic E-state index is -4.39. The van der Waals surface area contributed by atoms with E-state index in [1.54, 1.807) is 49.4 Å². The summed E-state index contributed by atoms with van der Waals surface area (Å²) in [6.07, 6.45) is 0. The van der Waals surface area contributed by atoms with E-state index in [9.17, 15) is 14.2 Å². The van der Waals surface area contributed by atoms with Crippen LogP contribution in [0.25, 0.3) is 0 Å². The van der Waals surface area contributed by atoms with Gasteiger partial charge in [-0.05, 0) is 46.6 Å². The lowest BCUT2D eigenvalue weighted by Crippen LogP contribution is -2.22. The molecule has 0 radical (unpaired) electrons. The van der Waals surface area contributed by atoms with Crippen molar-refractivity contribution in [2.24, 2.45) is 0 Å². The molecule has 0 aliphatic rings. The van der Waals surface area contributed by atoms with Gasteiger partial charge in [0.25, 0.3) is 0 Å². The second kappa shape index (κ2) is 9.39. The molecular formula is C23H19BrClO5P. The summed E-state index contributed by atoms with van der Waals surface area (Å²) in [4.78, 5) is 27.7. The average Bonchev–Trinajstić information content (AvgIpc) is 2.78. The van der Waals surface area contributed by atoms with Crippen molar-refractivity contribution in [3.63, 3.8) is 0 Å². The highest BCUT2D eigenvalue weighted by Gasteiger charge is 2.46. The minimum absolute atomic E-state index is 0.0534. The molecule has 3 aromatic rings. The van der Waals surface area contributed by atoms with Crippen LogP contribution in [-0.2, 0) is 4.57 Å². The van der Waals surface area contributed by atoms with Crippen molar-refractivity contribution in [3.05, 3.63) is 86.8 Å². The van der Waals surface area contributed by atoms with Crippen molar-refractivity contribution in [3.8, 4) is 11.5 Å². The van der Waals surface area contributed by atoms with Gasteiger partial charge >= 0.3 is 0 Å². The van der Waals surface area contributed by atoms with Crippen LogP contribution < -0.4 is 14.8 Å². The van der Waals surface area contributed by atoms with E-state index >= 15 is 0 Å². The molecule has 0 bridgehead atoms. The van der Waals surface area contributed by atoms with Crippen LogP contribution >= 0.6 is 34.7 Å². The summed E-state index contributed by atoms with van der Waals surface area (Å²) in [7, 11) is -1.63. The van der Waals surface area contributed by atoms with Gasteiger partial charge in [0, 0.05) is 10.9 Å².